The van der Waals surface area contributed by atoms with Gasteiger partial charge in [0.2, 0.25) is 0 Å². The first-order chi connectivity index (χ1) is 16.9. The second-order valence-electron chi connectivity index (χ2n) is 9.33. The molecule has 0 atom stereocenters. The van der Waals surface area contributed by atoms with E-state index in [9.17, 15) is 18.0 Å². The summed E-state index contributed by atoms with van der Waals surface area (Å²) < 4.78 is 38.9. The Hall–Kier alpha value is -3.32. The summed E-state index contributed by atoms with van der Waals surface area (Å²) in [7, 11) is 0. The van der Waals surface area contributed by atoms with Crippen LogP contribution < -0.4 is 5.32 Å². The zero-order valence-electron chi connectivity index (χ0n) is 19.4. The number of aromatic amines is 1. The second-order valence-corrected chi connectivity index (χ2v) is 9.33. The summed E-state index contributed by atoms with van der Waals surface area (Å²) in [5.74, 6) is -0.163. The lowest BCUT2D eigenvalue weighted by Gasteiger charge is -2.29. The summed E-state index contributed by atoms with van der Waals surface area (Å²) in [5, 5.41) is 3.05. The molecule has 1 aromatic heterocycles. The molecule has 0 radical (unpaired) electrons. The molecule has 1 aliphatic carbocycles. The maximum atomic E-state index is 13.2. The van der Waals surface area contributed by atoms with E-state index in [0.29, 0.717) is 24.0 Å². The van der Waals surface area contributed by atoms with Crippen molar-refractivity contribution in [3.63, 3.8) is 0 Å². The largest absolute Gasteiger partial charge is 0.416 e. The van der Waals surface area contributed by atoms with Crippen molar-refractivity contribution in [2.45, 2.75) is 51.4 Å². The molecule has 0 saturated carbocycles. The van der Waals surface area contributed by atoms with Crippen LogP contribution in [0, 0.1) is 0 Å². The van der Waals surface area contributed by atoms with Gasteiger partial charge in [-0.3, -0.25) is 9.69 Å². The van der Waals surface area contributed by atoms with Gasteiger partial charge in [-0.2, -0.15) is 13.2 Å². The van der Waals surface area contributed by atoms with Gasteiger partial charge < -0.3 is 10.3 Å². The van der Waals surface area contributed by atoms with Crippen molar-refractivity contribution in [1.29, 1.82) is 0 Å². The first-order valence-corrected chi connectivity index (χ1v) is 12.0. The van der Waals surface area contributed by atoms with Gasteiger partial charge in [0.15, 0.2) is 0 Å². The van der Waals surface area contributed by atoms with Crippen LogP contribution in [0.3, 0.4) is 0 Å². The van der Waals surface area contributed by atoms with Gasteiger partial charge in [0.25, 0.3) is 5.91 Å². The Morgan fingerprint density at radius 1 is 0.971 bits per heavy atom. The maximum absolute atomic E-state index is 13.2. The van der Waals surface area contributed by atoms with E-state index in [-0.39, 0.29) is 5.91 Å². The number of aromatic nitrogens is 1. The third-order valence-electron chi connectivity index (χ3n) is 6.91. The molecule has 0 saturated heterocycles. The second kappa shape index (κ2) is 9.74. The predicted octanol–water partition coefficient (Wildman–Crippen LogP) is 6.56. The zero-order chi connectivity index (χ0) is 24.4. The Balaban J connectivity index is 1.31. The van der Waals surface area contributed by atoms with Crippen LogP contribution in [0.1, 0.15) is 53.6 Å². The summed E-state index contributed by atoms with van der Waals surface area (Å²) >= 11 is 0. The number of hydrogen-bond donors (Lipinski definition) is 2. The smallest absolute Gasteiger partial charge is 0.364 e. The molecule has 0 spiro atoms. The molecular weight excluding hydrogens is 451 g/mol. The van der Waals surface area contributed by atoms with Crippen LogP contribution in [0.5, 0.6) is 0 Å². The first-order valence-electron chi connectivity index (χ1n) is 12.0. The zero-order valence-corrected chi connectivity index (χ0v) is 19.4. The number of hydrogen-bond acceptors (Lipinski definition) is 2. The third-order valence-corrected chi connectivity index (χ3v) is 6.91. The van der Waals surface area contributed by atoms with Crippen LogP contribution >= 0.6 is 0 Å². The van der Waals surface area contributed by atoms with Gasteiger partial charge in [-0.1, -0.05) is 18.2 Å². The van der Waals surface area contributed by atoms with Crippen LogP contribution in [0.25, 0.3) is 5.57 Å². The molecule has 1 amide bonds. The number of allylic oxidation sites excluding steroid dienone is 1. The summed E-state index contributed by atoms with van der Waals surface area (Å²) in [5.41, 5.74) is 6.00. The monoisotopic (exact) mass is 479 g/mol. The minimum Gasteiger partial charge on any atom is -0.364 e. The Labute approximate surface area is 202 Å². The Morgan fingerprint density at radius 2 is 1.77 bits per heavy atom. The van der Waals surface area contributed by atoms with Gasteiger partial charge >= 0.3 is 6.18 Å². The highest BCUT2D eigenvalue weighted by molar-refractivity contribution is 6.09. The standard InChI is InChI=1S/C28H28F3N3O/c29-28(30,31)22-10-7-19(8-11-22)25-5-1-2-6-26(25)27(35)33-23-12-9-21-17-34(15-13-20(21)16-23)18-24-4-3-14-32-24/h3-4,7-12,14,16,32H,1-2,5-6,13,15,17-18H2,(H,33,35). The number of benzene rings is 2. The summed E-state index contributed by atoms with van der Waals surface area (Å²) in [4.78, 5) is 18.9. The molecule has 7 heteroatoms. The van der Waals surface area contributed by atoms with Crippen LogP contribution in [-0.4, -0.2) is 22.3 Å². The van der Waals surface area contributed by atoms with Crippen molar-refractivity contribution in [2.75, 3.05) is 11.9 Å². The number of alkyl halides is 3. The van der Waals surface area contributed by atoms with Crippen LogP contribution in [0.15, 0.2) is 66.4 Å². The molecule has 4 nitrogen and oxygen atoms in total. The number of H-pyrrole nitrogens is 1. The number of nitrogens with one attached hydrogen (secondary N) is 2. The lowest BCUT2D eigenvalue weighted by atomic mass is 9.86. The summed E-state index contributed by atoms with van der Waals surface area (Å²) in [6.45, 7) is 2.70. The predicted molar refractivity (Wildman–Crippen MR) is 131 cm³/mol. The minimum atomic E-state index is -4.37. The van der Waals surface area contributed by atoms with E-state index < -0.39 is 11.7 Å². The summed E-state index contributed by atoms with van der Waals surface area (Å²) in [6, 6.07) is 15.3. The fourth-order valence-corrected chi connectivity index (χ4v) is 5.07. The quantitative estimate of drug-likeness (QED) is 0.436. The van der Waals surface area contributed by atoms with E-state index in [4.69, 9.17) is 0 Å². The Kier molecular flexibility index (Phi) is 6.52. The fraction of sp³-hybridized carbons (Fsp3) is 0.321. The molecule has 2 heterocycles. The average Bonchev–Trinajstić information content (AvgIpc) is 3.37. The van der Waals surface area contributed by atoms with Gasteiger partial charge in [0.1, 0.15) is 0 Å². The number of carbonyl (C=O) groups is 1. The van der Waals surface area contributed by atoms with Gasteiger partial charge in [-0.15, -0.1) is 0 Å². The normalized spacial score (nSPS) is 16.8. The van der Waals surface area contributed by atoms with Gasteiger partial charge in [0.05, 0.1) is 5.56 Å². The highest BCUT2D eigenvalue weighted by atomic mass is 19.4. The number of carbonyl (C=O) groups excluding carboxylic acids is 1. The fourth-order valence-electron chi connectivity index (χ4n) is 5.07. The average molecular weight is 480 g/mol. The molecular formula is C28H28F3N3O. The number of fused-ring (bicyclic) bond motifs is 1. The number of halogens is 3. The topological polar surface area (TPSA) is 48.1 Å². The van der Waals surface area contributed by atoms with E-state index >= 15 is 0 Å². The Morgan fingerprint density at radius 3 is 2.51 bits per heavy atom. The molecule has 182 valence electrons. The van der Waals surface area contributed by atoms with E-state index in [1.807, 2.05) is 18.3 Å². The molecule has 5 rings (SSSR count). The van der Waals surface area contributed by atoms with Gasteiger partial charge in [-0.05, 0) is 90.8 Å². The molecule has 2 aromatic carbocycles. The van der Waals surface area contributed by atoms with Crippen molar-refractivity contribution in [3.05, 3.63) is 94.3 Å². The van der Waals surface area contributed by atoms with Crippen molar-refractivity contribution in [1.82, 2.24) is 9.88 Å². The Bertz CT molecular complexity index is 1230. The lowest BCUT2D eigenvalue weighted by molar-refractivity contribution is -0.137. The van der Waals surface area contributed by atoms with Crippen LogP contribution in [-0.2, 0) is 30.5 Å². The van der Waals surface area contributed by atoms with E-state index in [2.05, 4.69) is 33.4 Å². The number of nitrogens with zero attached hydrogens (tertiary/aromatic N) is 1. The van der Waals surface area contributed by atoms with Gasteiger partial charge in [-0.25, -0.2) is 0 Å². The number of anilines is 1. The highest BCUT2D eigenvalue weighted by Crippen LogP contribution is 2.35. The van der Waals surface area contributed by atoms with Crippen molar-refractivity contribution in [3.8, 4) is 0 Å². The first kappa shape index (κ1) is 23.4. The number of rotatable bonds is 5. The van der Waals surface area contributed by atoms with Crippen molar-refractivity contribution in [2.24, 2.45) is 0 Å². The summed E-state index contributed by atoms with van der Waals surface area (Å²) in [6.07, 6.45) is 1.62. The lowest BCUT2D eigenvalue weighted by Crippen LogP contribution is -2.30. The number of amides is 1. The minimum absolute atomic E-state index is 0.163. The van der Waals surface area contributed by atoms with E-state index in [0.717, 1.165) is 62.3 Å². The molecule has 1 aliphatic heterocycles. The van der Waals surface area contributed by atoms with Crippen LogP contribution in [0.4, 0.5) is 18.9 Å². The van der Waals surface area contributed by atoms with E-state index in [1.165, 1.54) is 29.0 Å². The molecule has 35 heavy (non-hydrogen) atoms. The van der Waals surface area contributed by atoms with Crippen molar-refractivity contribution >= 4 is 17.2 Å². The molecule has 0 bridgehead atoms. The molecule has 0 unspecified atom stereocenters. The van der Waals surface area contributed by atoms with Crippen LogP contribution in [0.2, 0.25) is 0 Å². The maximum Gasteiger partial charge on any atom is 0.416 e. The van der Waals surface area contributed by atoms with Gasteiger partial charge in [0, 0.05) is 42.8 Å². The third kappa shape index (κ3) is 5.35. The van der Waals surface area contributed by atoms with E-state index in [1.54, 1.807) is 0 Å². The molecule has 2 aliphatic rings. The molecule has 3 aromatic rings. The van der Waals surface area contributed by atoms with Crippen molar-refractivity contribution < 1.29 is 18.0 Å². The molecule has 0 fully saturated rings. The highest BCUT2D eigenvalue weighted by Gasteiger charge is 2.30. The SMILES string of the molecule is O=C(Nc1ccc2c(c1)CCN(Cc1ccc[nH]1)C2)C1=C(c2ccc(C(F)(F)F)cc2)CCCC1. The molecule has 2 N–H and O–H groups in total.